The average Bonchev–Trinajstić information content (AvgIpc) is 3.22. The minimum absolute atomic E-state index is 0.263. The molecule has 1 saturated carbocycles. The molecule has 9 heteroatoms. The molecule has 1 aliphatic carbocycles. The van der Waals surface area contributed by atoms with Crippen molar-refractivity contribution in [3.05, 3.63) is 23.6 Å². The molecule has 0 aliphatic heterocycles. The van der Waals surface area contributed by atoms with Gasteiger partial charge in [-0.1, -0.05) is 17.3 Å². The van der Waals surface area contributed by atoms with Crippen molar-refractivity contribution in [2.24, 2.45) is 5.73 Å². The Bertz CT molecular complexity index is 688. The van der Waals surface area contributed by atoms with Crippen LogP contribution in [0.25, 0.3) is 0 Å². The quantitative estimate of drug-likeness (QED) is 0.844. The van der Waals surface area contributed by atoms with Gasteiger partial charge < -0.3 is 15.6 Å². The Morgan fingerprint density at radius 3 is 2.83 bits per heavy atom. The van der Waals surface area contributed by atoms with E-state index >= 15 is 0 Å². The van der Waals surface area contributed by atoms with Gasteiger partial charge in [0.05, 0.1) is 12.2 Å². The predicted molar refractivity (Wildman–Crippen MR) is 85.0 cm³/mol. The van der Waals surface area contributed by atoms with Crippen molar-refractivity contribution in [2.45, 2.75) is 64.1 Å². The van der Waals surface area contributed by atoms with E-state index in [9.17, 15) is 4.79 Å². The minimum atomic E-state index is -0.337. The molecule has 0 aromatic carbocycles. The van der Waals surface area contributed by atoms with Crippen LogP contribution in [0.4, 0.5) is 0 Å². The van der Waals surface area contributed by atoms with Crippen molar-refractivity contribution < 1.29 is 9.32 Å². The van der Waals surface area contributed by atoms with E-state index in [-0.39, 0.29) is 24.0 Å². The highest BCUT2D eigenvalue weighted by Crippen LogP contribution is 2.26. The fourth-order valence-corrected chi connectivity index (χ4v) is 2.95. The van der Waals surface area contributed by atoms with Crippen LogP contribution in [0.5, 0.6) is 0 Å². The summed E-state index contributed by atoms with van der Waals surface area (Å²) in [7, 11) is 0. The van der Waals surface area contributed by atoms with Crippen LogP contribution in [0.1, 0.15) is 73.3 Å². The van der Waals surface area contributed by atoms with Crippen LogP contribution in [-0.4, -0.2) is 37.1 Å². The zero-order chi connectivity index (χ0) is 17.1. The molecule has 0 bridgehead atoms. The first-order chi connectivity index (χ1) is 11.6. The Balaban J connectivity index is 1.65. The SMILES string of the molecule is CCC(NC(=O)c1cn(C2CCC(N)CC2)nn1)c1nc(C)no1. The molecule has 1 atom stereocenters. The third-order valence-electron chi connectivity index (χ3n) is 4.41. The number of carbonyl (C=O) groups excluding carboxylic acids is 1. The van der Waals surface area contributed by atoms with Gasteiger partial charge in [0.25, 0.3) is 5.91 Å². The van der Waals surface area contributed by atoms with Gasteiger partial charge in [-0.05, 0) is 39.0 Å². The molecule has 2 aromatic rings. The Labute approximate surface area is 140 Å². The smallest absolute Gasteiger partial charge is 0.274 e. The fraction of sp³-hybridized carbons (Fsp3) is 0.667. The summed E-state index contributed by atoms with van der Waals surface area (Å²) < 4.78 is 6.91. The molecule has 1 aliphatic rings. The summed E-state index contributed by atoms with van der Waals surface area (Å²) in [5.41, 5.74) is 6.22. The molecule has 0 radical (unpaired) electrons. The van der Waals surface area contributed by atoms with Gasteiger partial charge in [-0.3, -0.25) is 4.79 Å². The maximum absolute atomic E-state index is 12.4. The number of rotatable bonds is 5. The molecule has 24 heavy (non-hydrogen) atoms. The summed E-state index contributed by atoms with van der Waals surface area (Å²) in [6, 6.07) is 0.201. The topological polar surface area (TPSA) is 125 Å². The first-order valence-corrected chi connectivity index (χ1v) is 8.35. The monoisotopic (exact) mass is 333 g/mol. The van der Waals surface area contributed by atoms with Crippen molar-refractivity contribution >= 4 is 5.91 Å². The summed E-state index contributed by atoms with van der Waals surface area (Å²) in [5, 5.41) is 14.7. The van der Waals surface area contributed by atoms with Crippen LogP contribution in [0.3, 0.4) is 0 Å². The van der Waals surface area contributed by atoms with Crippen LogP contribution in [0.2, 0.25) is 0 Å². The summed E-state index contributed by atoms with van der Waals surface area (Å²) in [5.74, 6) is 0.646. The number of nitrogens with one attached hydrogen (secondary N) is 1. The highest BCUT2D eigenvalue weighted by Gasteiger charge is 2.24. The minimum Gasteiger partial charge on any atom is -0.339 e. The molecule has 1 unspecified atom stereocenters. The van der Waals surface area contributed by atoms with Crippen LogP contribution in [0.15, 0.2) is 10.7 Å². The van der Waals surface area contributed by atoms with Gasteiger partial charge in [-0.15, -0.1) is 5.10 Å². The molecule has 3 rings (SSSR count). The summed E-state index contributed by atoms with van der Waals surface area (Å²) in [6.07, 6.45) is 6.21. The van der Waals surface area contributed by atoms with Crippen molar-refractivity contribution in [3.8, 4) is 0 Å². The first-order valence-electron chi connectivity index (χ1n) is 8.35. The van der Waals surface area contributed by atoms with Gasteiger partial charge in [0.1, 0.15) is 6.04 Å². The second-order valence-electron chi connectivity index (χ2n) is 6.27. The van der Waals surface area contributed by atoms with E-state index in [4.69, 9.17) is 10.3 Å². The molecule has 3 N–H and O–H groups in total. The number of nitrogens with zero attached hydrogens (tertiary/aromatic N) is 5. The van der Waals surface area contributed by atoms with Gasteiger partial charge in [0, 0.05) is 6.04 Å². The Hall–Kier alpha value is -2.29. The zero-order valence-electron chi connectivity index (χ0n) is 14.0. The summed E-state index contributed by atoms with van der Waals surface area (Å²) >= 11 is 0. The standard InChI is InChI=1S/C15H23N7O2/c1-3-12(15-17-9(2)20-24-15)18-14(23)13-8-22(21-19-13)11-6-4-10(16)5-7-11/h8,10-12H,3-7,16H2,1-2H3,(H,18,23). The second kappa shape index (κ2) is 7.08. The Morgan fingerprint density at radius 1 is 1.46 bits per heavy atom. The van der Waals surface area contributed by atoms with Crippen molar-refractivity contribution in [1.82, 2.24) is 30.5 Å². The van der Waals surface area contributed by atoms with Gasteiger partial charge in [-0.25, -0.2) is 4.68 Å². The number of aryl methyl sites for hydroxylation is 1. The van der Waals surface area contributed by atoms with Crippen molar-refractivity contribution in [3.63, 3.8) is 0 Å². The number of carbonyl (C=O) groups is 1. The van der Waals surface area contributed by atoms with E-state index in [1.165, 1.54) is 0 Å². The van der Waals surface area contributed by atoms with Crippen LogP contribution in [-0.2, 0) is 0 Å². The van der Waals surface area contributed by atoms with Crippen LogP contribution >= 0.6 is 0 Å². The van der Waals surface area contributed by atoms with E-state index in [0.29, 0.717) is 23.8 Å². The zero-order valence-corrected chi connectivity index (χ0v) is 14.0. The lowest BCUT2D eigenvalue weighted by molar-refractivity contribution is 0.0922. The van der Waals surface area contributed by atoms with E-state index in [2.05, 4.69) is 25.8 Å². The lowest BCUT2D eigenvalue weighted by Gasteiger charge is -2.25. The number of nitrogens with two attached hydrogens (primary N) is 1. The first kappa shape index (κ1) is 16.6. The molecule has 9 nitrogen and oxygen atoms in total. The summed E-state index contributed by atoms with van der Waals surface area (Å²) in [6.45, 7) is 3.68. The van der Waals surface area contributed by atoms with Crippen LogP contribution in [0, 0.1) is 6.92 Å². The lowest BCUT2D eigenvalue weighted by atomic mass is 9.92. The number of hydrogen-bond acceptors (Lipinski definition) is 7. The molecular weight excluding hydrogens is 310 g/mol. The van der Waals surface area contributed by atoms with E-state index in [1.807, 2.05) is 6.92 Å². The highest BCUT2D eigenvalue weighted by molar-refractivity contribution is 5.92. The maximum Gasteiger partial charge on any atom is 0.274 e. The Morgan fingerprint density at radius 2 is 2.21 bits per heavy atom. The second-order valence-corrected chi connectivity index (χ2v) is 6.27. The highest BCUT2D eigenvalue weighted by atomic mass is 16.5. The van der Waals surface area contributed by atoms with Gasteiger partial charge >= 0.3 is 0 Å². The average molecular weight is 333 g/mol. The number of amides is 1. The summed E-state index contributed by atoms with van der Waals surface area (Å²) in [4.78, 5) is 16.6. The molecule has 0 spiro atoms. The number of aromatic nitrogens is 5. The van der Waals surface area contributed by atoms with Crippen molar-refractivity contribution in [1.29, 1.82) is 0 Å². The number of hydrogen-bond donors (Lipinski definition) is 2. The third-order valence-corrected chi connectivity index (χ3v) is 4.41. The van der Waals surface area contributed by atoms with E-state index < -0.39 is 0 Å². The molecule has 2 aromatic heterocycles. The van der Waals surface area contributed by atoms with E-state index in [0.717, 1.165) is 25.7 Å². The predicted octanol–water partition coefficient (Wildman–Crippen LogP) is 1.29. The lowest BCUT2D eigenvalue weighted by Crippen LogP contribution is -2.29. The van der Waals surface area contributed by atoms with E-state index in [1.54, 1.807) is 17.8 Å². The molecule has 1 fully saturated rings. The molecule has 2 heterocycles. The maximum atomic E-state index is 12.4. The van der Waals surface area contributed by atoms with Crippen molar-refractivity contribution in [2.75, 3.05) is 0 Å². The molecule has 1 amide bonds. The van der Waals surface area contributed by atoms with Crippen LogP contribution < -0.4 is 11.1 Å². The fourth-order valence-electron chi connectivity index (χ4n) is 2.95. The Kier molecular flexibility index (Phi) is 4.89. The molecular formula is C15H23N7O2. The molecule has 0 saturated heterocycles. The molecule has 130 valence electrons. The largest absolute Gasteiger partial charge is 0.339 e. The van der Waals surface area contributed by atoms with Gasteiger partial charge in [-0.2, -0.15) is 4.98 Å². The van der Waals surface area contributed by atoms with Gasteiger partial charge in [0.2, 0.25) is 5.89 Å². The third kappa shape index (κ3) is 3.61. The van der Waals surface area contributed by atoms with Gasteiger partial charge in [0.15, 0.2) is 11.5 Å². The normalized spacial score (nSPS) is 22.3.